The van der Waals surface area contributed by atoms with Gasteiger partial charge in [-0.25, -0.2) is 4.79 Å². The zero-order valence-corrected chi connectivity index (χ0v) is 16.1. The maximum absolute atomic E-state index is 12.1. The Kier molecular flexibility index (Phi) is 6.38. The van der Waals surface area contributed by atoms with Crippen molar-refractivity contribution in [3.05, 3.63) is 29.3 Å². The zero-order chi connectivity index (χ0) is 18.6. The molecule has 25 heavy (non-hydrogen) atoms. The lowest BCUT2D eigenvalue weighted by atomic mass is 10.1. The highest BCUT2D eigenvalue weighted by Crippen LogP contribution is 2.33. The molecule has 0 spiro atoms. The van der Waals surface area contributed by atoms with Crippen molar-refractivity contribution >= 4 is 45.9 Å². The number of hydrogen-bond acceptors (Lipinski definition) is 7. The first-order chi connectivity index (χ1) is 11.8. The number of aryl methyl sites for hydroxylation is 2. The van der Waals surface area contributed by atoms with E-state index in [9.17, 15) is 9.59 Å². The fourth-order valence-electron chi connectivity index (χ4n) is 2.17. The van der Waals surface area contributed by atoms with Crippen LogP contribution in [-0.4, -0.2) is 27.4 Å². The quantitative estimate of drug-likeness (QED) is 0.665. The van der Waals surface area contributed by atoms with E-state index in [1.165, 1.54) is 28.7 Å². The SMILES string of the molecule is Cc1ccc(Nc2nnc(S[C@H](C(=O)NC(N)=O)C(C)C)s2)c(C)c1. The molecule has 0 radical (unpaired) electrons. The minimum absolute atomic E-state index is 0.00371. The van der Waals surface area contributed by atoms with Crippen molar-refractivity contribution in [2.75, 3.05) is 5.32 Å². The Hall–Kier alpha value is -2.13. The number of anilines is 2. The van der Waals surface area contributed by atoms with Crippen LogP contribution in [0.15, 0.2) is 22.5 Å². The third kappa shape index (κ3) is 5.43. The normalized spacial score (nSPS) is 12.0. The fraction of sp³-hybridized carbons (Fsp3) is 0.375. The molecule has 1 aromatic heterocycles. The molecule has 0 fully saturated rings. The van der Waals surface area contributed by atoms with E-state index in [1.54, 1.807) is 0 Å². The van der Waals surface area contributed by atoms with Crippen LogP contribution in [0.2, 0.25) is 0 Å². The first-order valence-electron chi connectivity index (χ1n) is 7.71. The third-order valence-electron chi connectivity index (χ3n) is 3.37. The molecular formula is C16H21N5O2S2. The number of nitrogens with one attached hydrogen (secondary N) is 2. The number of urea groups is 1. The summed E-state index contributed by atoms with van der Waals surface area (Å²) in [6, 6.07) is 5.25. The van der Waals surface area contributed by atoms with Gasteiger partial charge >= 0.3 is 6.03 Å². The summed E-state index contributed by atoms with van der Waals surface area (Å²) in [6.45, 7) is 7.86. The number of hydrogen-bond donors (Lipinski definition) is 3. The van der Waals surface area contributed by atoms with Gasteiger partial charge in [0, 0.05) is 5.69 Å². The van der Waals surface area contributed by atoms with Crippen molar-refractivity contribution in [1.82, 2.24) is 15.5 Å². The molecule has 1 heterocycles. The van der Waals surface area contributed by atoms with Crippen LogP contribution in [0.5, 0.6) is 0 Å². The smallest absolute Gasteiger partial charge is 0.318 e. The number of aromatic nitrogens is 2. The van der Waals surface area contributed by atoms with E-state index in [1.807, 2.05) is 39.8 Å². The van der Waals surface area contributed by atoms with Gasteiger partial charge < -0.3 is 11.1 Å². The van der Waals surface area contributed by atoms with E-state index < -0.39 is 17.2 Å². The number of nitrogens with zero attached hydrogens (tertiary/aromatic N) is 2. The number of amides is 3. The molecule has 0 saturated carbocycles. The second kappa shape index (κ2) is 8.30. The minimum Gasteiger partial charge on any atom is -0.351 e. The van der Waals surface area contributed by atoms with Crippen molar-refractivity contribution in [1.29, 1.82) is 0 Å². The Morgan fingerprint density at radius 2 is 1.96 bits per heavy atom. The Morgan fingerprint density at radius 3 is 2.56 bits per heavy atom. The number of imide groups is 1. The molecule has 0 aliphatic carbocycles. The molecule has 2 aromatic rings. The summed E-state index contributed by atoms with van der Waals surface area (Å²) in [5.41, 5.74) is 8.29. The van der Waals surface area contributed by atoms with Gasteiger partial charge in [-0.2, -0.15) is 0 Å². The molecule has 0 saturated heterocycles. The maximum Gasteiger partial charge on any atom is 0.318 e. The molecule has 2 rings (SSSR count). The standard InChI is InChI=1S/C16H21N5O2S2/c1-8(2)12(13(22)19-14(17)23)24-16-21-20-15(25-16)18-11-6-5-9(3)7-10(11)4/h5-8,12H,1-4H3,(H,18,20)(H3,17,19,22,23)/t12-/m0/s1. The summed E-state index contributed by atoms with van der Waals surface area (Å²) in [5, 5.41) is 13.8. The van der Waals surface area contributed by atoms with Crippen molar-refractivity contribution in [3.8, 4) is 0 Å². The van der Waals surface area contributed by atoms with Crippen LogP contribution in [0.4, 0.5) is 15.6 Å². The van der Waals surface area contributed by atoms with E-state index in [0.717, 1.165) is 11.3 Å². The molecule has 7 nitrogen and oxygen atoms in total. The van der Waals surface area contributed by atoms with Crippen LogP contribution in [0.25, 0.3) is 0 Å². The highest BCUT2D eigenvalue weighted by Gasteiger charge is 2.26. The molecule has 134 valence electrons. The van der Waals surface area contributed by atoms with Crippen LogP contribution in [0.3, 0.4) is 0 Å². The molecule has 0 aliphatic rings. The number of thioether (sulfide) groups is 1. The highest BCUT2D eigenvalue weighted by atomic mass is 32.2. The summed E-state index contributed by atoms with van der Waals surface area (Å²) in [6.07, 6.45) is 0. The molecule has 0 bridgehead atoms. The summed E-state index contributed by atoms with van der Waals surface area (Å²) in [4.78, 5) is 23.0. The second-order valence-electron chi connectivity index (χ2n) is 5.95. The number of benzene rings is 1. The van der Waals surface area contributed by atoms with Crippen LogP contribution in [0, 0.1) is 19.8 Å². The van der Waals surface area contributed by atoms with E-state index in [2.05, 4.69) is 26.9 Å². The van der Waals surface area contributed by atoms with Gasteiger partial charge in [-0.3, -0.25) is 10.1 Å². The molecule has 4 N–H and O–H groups in total. The van der Waals surface area contributed by atoms with E-state index in [0.29, 0.717) is 9.47 Å². The van der Waals surface area contributed by atoms with Crippen molar-refractivity contribution in [2.24, 2.45) is 11.7 Å². The number of carbonyl (C=O) groups is 2. The molecule has 3 amide bonds. The average Bonchev–Trinajstić information content (AvgIpc) is 2.94. The molecule has 0 unspecified atom stereocenters. The molecule has 9 heteroatoms. The summed E-state index contributed by atoms with van der Waals surface area (Å²) in [5.74, 6) is -0.421. The highest BCUT2D eigenvalue weighted by molar-refractivity contribution is 8.02. The van der Waals surface area contributed by atoms with Gasteiger partial charge in [-0.15, -0.1) is 10.2 Å². The van der Waals surface area contributed by atoms with Crippen LogP contribution < -0.4 is 16.4 Å². The van der Waals surface area contributed by atoms with Crippen molar-refractivity contribution < 1.29 is 9.59 Å². The molecule has 1 atom stereocenters. The van der Waals surface area contributed by atoms with Crippen LogP contribution in [-0.2, 0) is 4.79 Å². The van der Waals surface area contributed by atoms with E-state index in [-0.39, 0.29) is 5.92 Å². The first-order valence-corrected chi connectivity index (χ1v) is 9.40. The summed E-state index contributed by atoms with van der Waals surface area (Å²) in [7, 11) is 0. The Balaban J connectivity index is 2.08. The number of carbonyl (C=O) groups excluding carboxylic acids is 2. The lowest BCUT2D eigenvalue weighted by Gasteiger charge is -2.16. The molecular weight excluding hydrogens is 358 g/mol. The topological polar surface area (TPSA) is 110 Å². The van der Waals surface area contributed by atoms with Crippen LogP contribution in [0.1, 0.15) is 25.0 Å². The lowest BCUT2D eigenvalue weighted by molar-refractivity contribution is -0.120. The molecule has 0 aliphatic heterocycles. The first kappa shape index (κ1) is 19.2. The number of rotatable bonds is 6. The van der Waals surface area contributed by atoms with Crippen molar-refractivity contribution in [3.63, 3.8) is 0 Å². The predicted molar refractivity (Wildman–Crippen MR) is 101 cm³/mol. The van der Waals surface area contributed by atoms with Gasteiger partial charge in [0.15, 0.2) is 4.34 Å². The minimum atomic E-state index is -0.856. The monoisotopic (exact) mass is 379 g/mol. The average molecular weight is 380 g/mol. The third-order valence-corrected chi connectivity index (χ3v) is 5.84. The predicted octanol–water partition coefficient (Wildman–Crippen LogP) is 3.21. The summed E-state index contributed by atoms with van der Waals surface area (Å²) < 4.78 is 0.644. The number of primary amides is 1. The largest absolute Gasteiger partial charge is 0.351 e. The second-order valence-corrected chi connectivity index (χ2v) is 8.32. The van der Waals surface area contributed by atoms with Crippen LogP contribution >= 0.6 is 23.1 Å². The summed E-state index contributed by atoms with van der Waals surface area (Å²) >= 11 is 2.63. The van der Waals surface area contributed by atoms with Gasteiger partial charge in [-0.05, 0) is 31.4 Å². The maximum atomic E-state index is 12.1. The van der Waals surface area contributed by atoms with Gasteiger partial charge in [0.2, 0.25) is 11.0 Å². The van der Waals surface area contributed by atoms with E-state index in [4.69, 9.17) is 5.73 Å². The lowest BCUT2D eigenvalue weighted by Crippen LogP contribution is -2.42. The van der Waals surface area contributed by atoms with Gasteiger partial charge in [0.1, 0.15) is 0 Å². The van der Waals surface area contributed by atoms with E-state index >= 15 is 0 Å². The van der Waals surface area contributed by atoms with Crippen molar-refractivity contribution in [2.45, 2.75) is 37.3 Å². The Bertz CT molecular complexity index is 776. The van der Waals surface area contributed by atoms with Gasteiger partial charge in [0.25, 0.3) is 0 Å². The number of nitrogens with two attached hydrogens (primary N) is 1. The molecule has 1 aromatic carbocycles. The van der Waals surface area contributed by atoms with Gasteiger partial charge in [-0.1, -0.05) is 54.6 Å². The fourth-order valence-corrected chi connectivity index (χ4v) is 4.14. The zero-order valence-electron chi connectivity index (χ0n) is 14.5. The Morgan fingerprint density at radius 1 is 1.24 bits per heavy atom. The Labute approximate surface area is 154 Å². The van der Waals surface area contributed by atoms with Gasteiger partial charge in [0.05, 0.1) is 5.25 Å².